The lowest BCUT2D eigenvalue weighted by Crippen LogP contribution is -2.31. The monoisotopic (exact) mass is 796 g/mol. The molecule has 0 heterocycles. The summed E-state index contributed by atoms with van der Waals surface area (Å²) in [6.45, 7) is 8.91. The van der Waals surface area contributed by atoms with Gasteiger partial charge in [0.15, 0.2) is 11.6 Å². The Morgan fingerprint density at radius 1 is 0.754 bits per heavy atom. The number of hydrogen-bond acceptors (Lipinski definition) is 12. The number of terminal acetylenes is 1. The second-order valence-corrected chi connectivity index (χ2v) is 13.3. The Balaban J connectivity index is 0.000000699. The van der Waals surface area contributed by atoms with E-state index < -0.39 is 29.8 Å². The smallest absolute Gasteiger partial charge is 0.336 e. The highest BCUT2D eigenvalue weighted by molar-refractivity contribution is 6.05. The van der Waals surface area contributed by atoms with Gasteiger partial charge in [-0.25, -0.2) is 9.59 Å². The van der Waals surface area contributed by atoms with E-state index in [1.54, 1.807) is 13.0 Å². The molecule has 1 aromatic rings. The largest absolute Gasteiger partial charge is 0.481 e. The van der Waals surface area contributed by atoms with Gasteiger partial charge in [-0.05, 0) is 110 Å². The van der Waals surface area contributed by atoms with Crippen LogP contribution in [0.2, 0.25) is 0 Å². The number of allylic oxidation sites excluding steroid dienone is 3. The number of aromatic carboxylic acids is 1. The molecule has 2 bridgehead atoms. The number of rotatable bonds is 12. The van der Waals surface area contributed by atoms with Gasteiger partial charge in [0, 0.05) is 23.1 Å². The zero-order chi connectivity index (χ0) is 43.8. The zero-order valence-electron chi connectivity index (χ0n) is 33.1. The van der Waals surface area contributed by atoms with E-state index >= 15 is 0 Å². The van der Waals surface area contributed by atoms with Gasteiger partial charge >= 0.3 is 29.8 Å². The van der Waals surface area contributed by atoms with Crippen LogP contribution in [0.4, 0.5) is 0 Å². The number of hydrogen-bond donors (Lipinski definition) is 3. The van der Waals surface area contributed by atoms with Gasteiger partial charge in [0.25, 0.3) is 0 Å². The van der Waals surface area contributed by atoms with Crippen LogP contribution in [-0.4, -0.2) is 86.8 Å². The second kappa shape index (κ2) is 26.7. The SMILES string of the molecule is C#Cc1ccc(C(C)=O)c(C(=O)O)c1.CC(=O)/C=C\C(=O)O.CC(=O)C1C2C=CC(C2)C1C(=O)O.CC(=O)CC(=O)OC1CCCCC1.CCOC(=O)CC(C)=O. The zero-order valence-corrected chi connectivity index (χ0v) is 33.1. The number of ether oxygens (including phenoxy) is 2. The molecule has 0 spiro atoms. The fraction of sp³-hybridized carbons (Fsp3) is 0.476. The highest BCUT2D eigenvalue weighted by Gasteiger charge is 2.50. The number of carboxylic acids is 3. The first kappa shape index (κ1) is 51.0. The van der Waals surface area contributed by atoms with Crippen LogP contribution in [0, 0.1) is 36.0 Å². The van der Waals surface area contributed by atoms with Crippen LogP contribution in [0.25, 0.3) is 0 Å². The first-order valence-corrected chi connectivity index (χ1v) is 18.2. The molecule has 0 radical (unpaired) electrons. The Bertz CT molecular complexity index is 1690. The number of esters is 2. The van der Waals surface area contributed by atoms with E-state index in [9.17, 15) is 47.9 Å². The summed E-state index contributed by atoms with van der Waals surface area (Å²) >= 11 is 0. The number of ketones is 5. The van der Waals surface area contributed by atoms with E-state index in [-0.39, 0.29) is 82.7 Å². The van der Waals surface area contributed by atoms with Gasteiger partial charge in [-0.15, -0.1) is 6.42 Å². The maximum absolute atomic E-state index is 11.3. The van der Waals surface area contributed by atoms with Crippen LogP contribution in [0.5, 0.6) is 0 Å². The third-order valence-electron chi connectivity index (χ3n) is 8.41. The Hall–Kier alpha value is -6.04. The summed E-state index contributed by atoms with van der Waals surface area (Å²) in [7, 11) is 0. The molecular weight excluding hydrogens is 744 g/mol. The van der Waals surface area contributed by atoms with Crippen molar-refractivity contribution in [2.75, 3.05) is 6.61 Å². The molecule has 15 heteroatoms. The topological polar surface area (TPSA) is 250 Å². The molecule has 1 aromatic carbocycles. The van der Waals surface area contributed by atoms with Crippen molar-refractivity contribution in [1.82, 2.24) is 0 Å². The minimum absolute atomic E-state index is 0.0178. The molecule has 4 unspecified atom stereocenters. The van der Waals surface area contributed by atoms with Crippen LogP contribution in [0.1, 0.15) is 119 Å². The molecule has 0 saturated heterocycles. The van der Waals surface area contributed by atoms with Gasteiger partial charge in [0.2, 0.25) is 0 Å². The standard InChI is InChI=1S/C11H8O3.C10H12O3.C10H16O3.C6H10O3.C5H6O3/c1-3-8-4-5-9(7(2)12)10(6-8)11(13)14;1-5(11)8-6-2-3-7(4-6)9(8)10(12)13;1-8(11)7-10(12)13-9-5-3-2-4-6-9;1-3-9-6(8)4-5(2)7;1-4(6)2-3-5(7)8/h1,4-6H,2H3,(H,13,14);2-3,6-9H,4H2,1H3,(H,12,13);9H,2-7H2,1H3;3-4H2,1-2H3;2-3H,1H3,(H,7,8)/b;;;;3-2-. The Morgan fingerprint density at radius 2 is 1.30 bits per heavy atom. The fourth-order valence-electron chi connectivity index (χ4n) is 6.05. The van der Waals surface area contributed by atoms with Crippen LogP contribution < -0.4 is 0 Å². The summed E-state index contributed by atoms with van der Waals surface area (Å²) in [6.07, 6.45) is 17.0. The maximum Gasteiger partial charge on any atom is 0.336 e. The van der Waals surface area contributed by atoms with Crippen LogP contribution in [0.3, 0.4) is 0 Å². The quantitative estimate of drug-likeness (QED) is 0.0610. The van der Waals surface area contributed by atoms with Crippen LogP contribution in [0.15, 0.2) is 42.5 Å². The summed E-state index contributed by atoms with van der Waals surface area (Å²) in [5.41, 5.74) is 0.580. The van der Waals surface area contributed by atoms with Crippen molar-refractivity contribution >= 4 is 58.8 Å². The predicted octanol–water partition coefficient (Wildman–Crippen LogP) is 5.25. The first-order valence-electron chi connectivity index (χ1n) is 18.2. The lowest BCUT2D eigenvalue weighted by atomic mass is 9.81. The molecule has 310 valence electrons. The number of carbonyl (C=O) groups is 10. The van der Waals surface area contributed by atoms with Crippen molar-refractivity contribution in [2.24, 2.45) is 23.7 Å². The molecule has 2 saturated carbocycles. The minimum atomic E-state index is -1.15. The molecular formula is C42H52O15. The van der Waals surface area contributed by atoms with Crippen molar-refractivity contribution in [2.45, 2.75) is 99.0 Å². The Morgan fingerprint density at radius 3 is 1.68 bits per heavy atom. The number of Topliss-reactive ketones (excluding diaryl/α,β-unsaturated/α-hetero) is 4. The summed E-state index contributed by atoms with van der Waals surface area (Å²) in [5, 5.41) is 25.7. The summed E-state index contributed by atoms with van der Waals surface area (Å²) < 4.78 is 9.64. The normalized spacial score (nSPS) is 18.5. The fourth-order valence-corrected chi connectivity index (χ4v) is 6.05. The first-order chi connectivity index (χ1) is 26.6. The molecule has 4 atom stereocenters. The van der Waals surface area contributed by atoms with E-state index in [0.717, 1.165) is 44.3 Å². The predicted molar refractivity (Wildman–Crippen MR) is 205 cm³/mol. The second-order valence-electron chi connectivity index (χ2n) is 13.3. The molecule has 3 aliphatic carbocycles. The van der Waals surface area contributed by atoms with E-state index in [1.807, 2.05) is 12.2 Å². The summed E-state index contributed by atoms with van der Waals surface area (Å²) in [5.74, 6) is -2.82. The molecule has 15 nitrogen and oxygen atoms in total. The van der Waals surface area contributed by atoms with Gasteiger partial charge in [-0.3, -0.25) is 38.4 Å². The molecule has 2 fully saturated rings. The van der Waals surface area contributed by atoms with Gasteiger partial charge in [0.1, 0.15) is 36.3 Å². The molecule has 0 aromatic heterocycles. The van der Waals surface area contributed by atoms with Gasteiger partial charge in [0.05, 0.1) is 18.1 Å². The summed E-state index contributed by atoms with van der Waals surface area (Å²) in [6, 6.07) is 4.29. The number of aliphatic carboxylic acids is 2. The molecule has 4 rings (SSSR count). The molecule has 3 N–H and O–H groups in total. The third-order valence-corrected chi connectivity index (χ3v) is 8.41. The molecule has 3 aliphatic rings. The van der Waals surface area contributed by atoms with Gasteiger partial charge in [-0.2, -0.15) is 0 Å². The number of carboxylic acid groups (broad SMARTS) is 3. The Kier molecular flexibility index (Phi) is 23.9. The van der Waals surface area contributed by atoms with E-state index in [4.69, 9.17) is 26.5 Å². The van der Waals surface area contributed by atoms with Crippen molar-refractivity contribution in [1.29, 1.82) is 0 Å². The molecule has 57 heavy (non-hydrogen) atoms. The lowest BCUT2D eigenvalue weighted by molar-refractivity contribution is -0.152. The van der Waals surface area contributed by atoms with Crippen molar-refractivity contribution in [3.05, 3.63) is 59.2 Å². The van der Waals surface area contributed by atoms with Crippen LogP contribution in [-0.2, 0) is 47.8 Å². The minimum Gasteiger partial charge on any atom is -0.481 e. The average molecular weight is 797 g/mol. The van der Waals surface area contributed by atoms with Crippen LogP contribution >= 0.6 is 0 Å². The van der Waals surface area contributed by atoms with Crippen molar-refractivity contribution < 1.29 is 72.7 Å². The van der Waals surface area contributed by atoms with Gasteiger partial charge in [-0.1, -0.05) is 24.5 Å². The van der Waals surface area contributed by atoms with E-state index in [1.165, 1.54) is 53.2 Å². The number of carbonyl (C=O) groups excluding carboxylic acids is 7. The van der Waals surface area contributed by atoms with E-state index in [2.05, 4.69) is 10.7 Å². The maximum atomic E-state index is 11.3. The Labute approximate surface area is 331 Å². The highest BCUT2D eigenvalue weighted by Crippen LogP contribution is 2.48. The van der Waals surface area contributed by atoms with Crippen molar-refractivity contribution in [3.8, 4) is 12.3 Å². The highest BCUT2D eigenvalue weighted by atomic mass is 16.5. The number of benzene rings is 1. The van der Waals surface area contributed by atoms with Gasteiger partial charge < -0.3 is 24.8 Å². The number of fused-ring (bicyclic) bond motifs is 2. The molecule has 0 amide bonds. The third kappa shape index (κ3) is 21.0. The summed E-state index contributed by atoms with van der Waals surface area (Å²) in [4.78, 5) is 106. The van der Waals surface area contributed by atoms with Crippen molar-refractivity contribution in [3.63, 3.8) is 0 Å². The molecule has 0 aliphatic heterocycles. The average Bonchev–Trinajstić information content (AvgIpc) is 3.74. The van der Waals surface area contributed by atoms with E-state index in [0.29, 0.717) is 12.2 Å². The lowest BCUT2D eigenvalue weighted by Gasteiger charge is -2.21.